The molecule has 2 aliphatic heterocycles. The standard InChI is InChI=1S/C6H7N3O2/c1-2-3-4(8-5(2)10)9-6(11)7-3/h3-4H,1H2,(H,8,10)(H2,7,9,11). The van der Waals surface area contributed by atoms with Crippen LogP contribution in [0.25, 0.3) is 0 Å². The number of nitrogens with one attached hydrogen (secondary N) is 3. The maximum Gasteiger partial charge on any atom is 0.317 e. The normalized spacial score (nSPS) is 34.4. The maximum atomic E-state index is 10.9. The number of urea groups is 1. The molecule has 0 aromatic rings. The molecule has 0 spiro atoms. The largest absolute Gasteiger partial charge is 0.330 e. The topological polar surface area (TPSA) is 70.2 Å². The second-order valence-corrected chi connectivity index (χ2v) is 2.57. The molecule has 0 aliphatic carbocycles. The number of hydrogen-bond donors (Lipinski definition) is 3. The van der Waals surface area contributed by atoms with E-state index in [1.807, 2.05) is 0 Å². The van der Waals surface area contributed by atoms with E-state index in [-0.39, 0.29) is 24.1 Å². The van der Waals surface area contributed by atoms with Crippen LogP contribution < -0.4 is 16.0 Å². The zero-order chi connectivity index (χ0) is 8.01. The molecule has 0 aromatic heterocycles. The molecule has 11 heavy (non-hydrogen) atoms. The van der Waals surface area contributed by atoms with Gasteiger partial charge in [0, 0.05) is 5.57 Å². The number of amides is 3. The Labute approximate surface area is 62.8 Å². The third-order valence-electron chi connectivity index (χ3n) is 1.86. The van der Waals surface area contributed by atoms with Crippen molar-refractivity contribution in [2.75, 3.05) is 0 Å². The molecular formula is C6H7N3O2. The van der Waals surface area contributed by atoms with Crippen molar-refractivity contribution in [3.05, 3.63) is 12.2 Å². The van der Waals surface area contributed by atoms with Crippen molar-refractivity contribution in [2.45, 2.75) is 12.2 Å². The van der Waals surface area contributed by atoms with Gasteiger partial charge >= 0.3 is 6.03 Å². The first-order valence-corrected chi connectivity index (χ1v) is 3.25. The minimum Gasteiger partial charge on any atom is -0.330 e. The van der Waals surface area contributed by atoms with Gasteiger partial charge in [0.1, 0.15) is 6.17 Å². The van der Waals surface area contributed by atoms with Crippen molar-refractivity contribution in [3.63, 3.8) is 0 Å². The first kappa shape index (κ1) is 6.21. The van der Waals surface area contributed by atoms with Crippen molar-refractivity contribution in [1.82, 2.24) is 16.0 Å². The monoisotopic (exact) mass is 153 g/mol. The SMILES string of the molecule is C=C1C(=O)NC2NC(=O)NC12. The lowest BCUT2D eigenvalue weighted by Crippen LogP contribution is -2.39. The Bertz CT molecular complexity index is 261. The molecule has 2 rings (SSSR count). The lowest BCUT2D eigenvalue weighted by Gasteiger charge is -2.04. The molecule has 2 unspecified atom stereocenters. The van der Waals surface area contributed by atoms with Crippen LogP contribution in [0.5, 0.6) is 0 Å². The Balaban J connectivity index is 2.26. The lowest BCUT2D eigenvalue weighted by atomic mass is 10.1. The second kappa shape index (κ2) is 1.75. The van der Waals surface area contributed by atoms with Gasteiger partial charge in [0.15, 0.2) is 0 Å². The summed E-state index contributed by atoms with van der Waals surface area (Å²) in [5.41, 5.74) is 0.411. The molecule has 2 atom stereocenters. The van der Waals surface area contributed by atoms with Crippen LogP contribution in [0.4, 0.5) is 4.79 Å². The highest BCUT2D eigenvalue weighted by Crippen LogP contribution is 2.14. The smallest absolute Gasteiger partial charge is 0.317 e. The number of carbonyl (C=O) groups is 2. The third kappa shape index (κ3) is 0.705. The molecule has 5 nitrogen and oxygen atoms in total. The molecular weight excluding hydrogens is 146 g/mol. The Morgan fingerprint density at radius 1 is 1.18 bits per heavy atom. The molecule has 0 saturated carbocycles. The van der Waals surface area contributed by atoms with Crippen molar-refractivity contribution in [2.24, 2.45) is 0 Å². The van der Waals surface area contributed by atoms with Crippen LogP contribution in [-0.4, -0.2) is 24.1 Å². The van der Waals surface area contributed by atoms with Gasteiger partial charge in [0.2, 0.25) is 0 Å². The summed E-state index contributed by atoms with van der Waals surface area (Å²) >= 11 is 0. The Kier molecular flexibility index (Phi) is 0.986. The van der Waals surface area contributed by atoms with E-state index < -0.39 is 0 Å². The second-order valence-electron chi connectivity index (χ2n) is 2.57. The maximum absolute atomic E-state index is 10.9. The fraction of sp³-hybridized carbons (Fsp3) is 0.333. The number of rotatable bonds is 0. The summed E-state index contributed by atoms with van der Waals surface area (Å²) in [5, 5.41) is 7.66. The van der Waals surface area contributed by atoms with Gasteiger partial charge in [0.25, 0.3) is 5.91 Å². The van der Waals surface area contributed by atoms with E-state index >= 15 is 0 Å². The summed E-state index contributed by atoms with van der Waals surface area (Å²) in [4.78, 5) is 21.6. The molecule has 0 bridgehead atoms. The summed E-state index contributed by atoms with van der Waals surface area (Å²) in [5.74, 6) is -0.201. The van der Waals surface area contributed by atoms with Crippen LogP contribution in [0.15, 0.2) is 12.2 Å². The quantitative estimate of drug-likeness (QED) is 0.378. The molecule has 0 radical (unpaired) electrons. The predicted molar refractivity (Wildman–Crippen MR) is 36.5 cm³/mol. The molecule has 2 aliphatic rings. The molecule has 58 valence electrons. The zero-order valence-corrected chi connectivity index (χ0v) is 5.68. The molecule has 3 amide bonds. The van der Waals surface area contributed by atoms with Crippen molar-refractivity contribution in [3.8, 4) is 0 Å². The average Bonchev–Trinajstić information content (AvgIpc) is 2.37. The van der Waals surface area contributed by atoms with Crippen molar-refractivity contribution >= 4 is 11.9 Å². The number of carbonyl (C=O) groups excluding carboxylic acids is 2. The van der Waals surface area contributed by atoms with Crippen LogP contribution >= 0.6 is 0 Å². The minimum absolute atomic E-state index is 0.201. The van der Waals surface area contributed by atoms with Gasteiger partial charge in [0.05, 0.1) is 6.04 Å². The highest BCUT2D eigenvalue weighted by molar-refractivity contribution is 6.00. The van der Waals surface area contributed by atoms with Crippen LogP contribution in [0.2, 0.25) is 0 Å². The van der Waals surface area contributed by atoms with Gasteiger partial charge in [-0.3, -0.25) is 4.79 Å². The molecule has 3 N–H and O–H groups in total. The van der Waals surface area contributed by atoms with Gasteiger partial charge in [-0.1, -0.05) is 6.58 Å². The van der Waals surface area contributed by atoms with E-state index in [1.54, 1.807) is 0 Å². The fourth-order valence-corrected chi connectivity index (χ4v) is 1.27. The highest BCUT2D eigenvalue weighted by atomic mass is 16.2. The minimum atomic E-state index is -0.303. The van der Waals surface area contributed by atoms with Crippen molar-refractivity contribution < 1.29 is 9.59 Å². The van der Waals surface area contributed by atoms with Crippen molar-refractivity contribution in [1.29, 1.82) is 0 Å². The summed E-state index contributed by atoms with van der Waals surface area (Å²) in [6.07, 6.45) is -0.303. The zero-order valence-electron chi connectivity index (χ0n) is 5.68. The summed E-state index contributed by atoms with van der Waals surface area (Å²) in [7, 11) is 0. The van der Waals surface area contributed by atoms with E-state index in [0.717, 1.165) is 0 Å². The van der Waals surface area contributed by atoms with E-state index in [4.69, 9.17) is 0 Å². The summed E-state index contributed by atoms with van der Waals surface area (Å²) in [6, 6.07) is -0.531. The molecule has 2 saturated heterocycles. The Morgan fingerprint density at radius 3 is 2.55 bits per heavy atom. The Hall–Kier alpha value is -1.52. The van der Waals surface area contributed by atoms with E-state index in [0.29, 0.717) is 5.57 Å². The number of fused-ring (bicyclic) bond motifs is 1. The average molecular weight is 153 g/mol. The number of hydrogen-bond acceptors (Lipinski definition) is 2. The van der Waals surface area contributed by atoms with Crippen LogP contribution in [0.3, 0.4) is 0 Å². The molecule has 0 aromatic carbocycles. The van der Waals surface area contributed by atoms with Gasteiger partial charge in [-0.05, 0) is 0 Å². The van der Waals surface area contributed by atoms with Gasteiger partial charge in [-0.25, -0.2) is 4.79 Å². The summed E-state index contributed by atoms with van der Waals surface area (Å²) < 4.78 is 0. The predicted octanol–water partition coefficient (Wildman–Crippen LogP) is -1.32. The highest BCUT2D eigenvalue weighted by Gasteiger charge is 2.42. The first-order chi connectivity index (χ1) is 5.18. The lowest BCUT2D eigenvalue weighted by molar-refractivity contribution is -0.116. The van der Waals surface area contributed by atoms with E-state index in [9.17, 15) is 9.59 Å². The van der Waals surface area contributed by atoms with Crippen LogP contribution in [0, 0.1) is 0 Å². The van der Waals surface area contributed by atoms with E-state index in [2.05, 4.69) is 22.5 Å². The van der Waals surface area contributed by atoms with Gasteiger partial charge < -0.3 is 16.0 Å². The third-order valence-corrected chi connectivity index (χ3v) is 1.86. The Morgan fingerprint density at radius 2 is 1.91 bits per heavy atom. The first-order valence-electron chi connectivity index (χ1n) is 3.25. The summed E-state index contributed by atoms with van der Waals surface area (Å²) in [6.45, 7) is 3.55. The molecule has 2 heterocycles. The molecule has 2 fully saturated rings. The van der Waals surface area contributed by atoms with Crippen LogP contribution in [0.1, 0.15) is 0 Å². The van der Waals surface area contributed by atoms with Crippen LogP contribution in [-0.2, 0) is 4.79 Å². The van der Waals surface area contributed by atoms with Gasteiger partial charge in [-0.2, -0.15) is 0 Å². The molecule has 5 heteroatoms. The van der Waals surface area contributed by atoms with E-state index in [1.165, 1.54) is 0 Å². The fourth-order valence-electron chi connectivity index (χ4n) is 1.27. The van der Waals surface area contributed by atoms with Gasteiger partial charge in [-0.15, -0.1) is 0 Å².